The van der Waals surface area contributed by atoms with Crippen LogP contribution in [-0.4, -0.2) is 55.0 Å². The first kappa shape index (κ1) is 19.7. The molecule has 1 N–H and O–H groups in total. The van der Waals surface area contributed by atoms with Crippen LogP contribution in [0.3, 0.4) is 0 Å². The van der Waals surface area contributed by atoms with Crippen molar-refractivity contribution in [2.45, 2.75) is 19.8 Å². The molecule has 8 heteroatoms. The second kappa shape index (κ2) is 9.25. The predicted molar refractivity (Wildman–Crippen MR) is 101 cm³/mol. The zero-order valence-electron chi connectivity index (χ0n) is 16.1. The number of piperidine rings is 1. The third kappa shape index (κ3) is 4.82. The van der Waals surface area contributed by atoms with E-state index in [4.69, 9.17) is 13.9 Å². The highest BCUT2D eigenvalue weighted by atomic mass is 16.5. The van der Waals surface area contributed by atoms with Gasteiger partial charge in [-0.25, -0.2) is 4.98 Å². The van der Waals surface area contributed by atoms with E-state index in [9.17, 15) is 9.59 Å². The summed E-state index contributed by atoms with van der Waals surface area (Å²) in [6.45, 7) is 3.40. The van der Waals surface area contributed by atoms with Gasteiger partial charge in [0.25, 0.3) is 11.8 Å². The minimum Gasteiger partial charge on any atom is -0.493 e. The Morgan fingerprint density at radius 2 is 2.11 bits per heavy atom. The fourth-order valence-electron chi connectivity index (χ4n) is 3.27. The summed E-state index contributed by atoms with van der Waals surface area (Å²) in [5.41, 5.74) is 0.356. The molecule has 2 heterocycles. The van der Waals surface area contributed by atoms with E-state index in [2.05, 4.69) is 10.3 Å². The Morgan fingerprint density at radius 1 is 1.32 bits per heavy atom. The van der Waals surface area contributed by atoms with Gasteiger partial charge in [0, 0.05) is 19.6 Å². The number of nitrogens with one attached hydrogen (secondary N) is 1. The van der Waals surface area contributed by atoms with E-state index in [1.165, 1.54) is 6.39 Å². The minimum absolute atomic E-state index is 0.0894. The van der Waals surface area contributed by atoms with Gasteiger partial charge in [-0.2, -0.15) is 0 Å². The Morgan fingerprint density at radius 3 is 2.82 bits per heavy atom. The molecule has 150 valence electrons. The molecule has 0 saturated carbocycles. The zero-order chi connectivity index (χ0) is 19.9. The van der Waals surface area contributed by atoms with Crippen LogP contribution in [0.15, 0.2) is 35.1 Å². The van der Waals surface area contributed by atoms with Crippen molar-refractivity contribution in [2.24, 2.45) is 5.92 Å². The Kier molecular flexibility index (Phi) is 6.52. The number of ether oxygens (including phenoxy) is 2. The third-order valence-corrected chi connectivity index (χ3v) is 4.77. The maximum absolute atomic E-state index is 12.6. The molecule has 1 aromatic heterocycles. The van der Waals surface area contributed by atoms with Crippen molar-refractivity contribution >= 4 is 11.8 Å². The summed E-state index contributed by atoms with van der Waals surface area (Å²) in [5.74, 6) is 1.50. The Bertz CT molecular complexity index is 820. The lowest BCUT2D eigenvalue weighted by Gasteiger charge is -2.32. The highest BCUT2D eigenvalue weighted by Crippen LogP contribution is 2.25. The second-order valence-corrected chi connectivity index (χ2v) is 6.76. The van der Waals surface area contributed by atoms with Gasteiger partial charge in [-0.15, -0.1) is 0 Å². The molecule has 0 spiro atoms. The first-order valence-corrected chi connectivity index (χ1v) is 9.30. The number of rotatable bonds is 7. The lowest BCUT2D eigenvalue weighted by Crippen LogP contribution is -2.44. The van der Waals surface area contributed by atoms with Crippen molar-refractivity contribution < 1.29 is 23.5 Å². The smallest absolute Gasteiger partial charge is 0.276 e. The number of carbonyl (C=O) groups excluding carboxylic acids is 2. The fraction of sp³-hybridized carbons (Fsp3) is 0.450. The Hall–Kier alpha value is -3.03. The van der Waals surface area contributed by atoms with Gasteiger partial charge in [0.2, 0.25) is 0 Å². The summed E-state index contributed by atoms with van der Waals surface area (Å²) < 4.78 is 15.9. The van der Waals surface area contributed by atoms with Crippen LogP contribution in [0.5, 0.6) is 11.5 Å². The van der Waals surface area contributed by atoms with Crippen LogP contribution >= 0.6 is 0 Å². The van der Waals surface area contributed by atoms with Crippen molar-refractivity contribution in [1.82, 2.24) is 15.2 Å². The van der Waals surface area contributed by atoms with Crippen molar-refractivity contribution in [2.75, 3.05) is 33.4 Å². The van der Waals surface area contributed by atoms with E-state index in [-0.39, 0.29) is 24.3 Å². The van der Waals surface area contributed by atoms with Gasteiger partial charge < -0.3 is 24.1 Å². The molecule has 1 fully saturated rings. The standard InChI is InChI=1S/C20H25N3O5/c1-14-19(22-13-28-14)20(25)23-9-5-6-15(11-23)10-21-18(24)12-27-17-8-4-3-7-16(17)26-2/h3-4,7-8,13,15H,5-6,9-12H2,1-2H3,(H,21,24)/t15-/m1/s1. The average molecular weight is 387 g/mol. The summed E-state index contributed by atoms with van der Waals surface area (Å²) in [5, 5.41) is 2.89. The largest absolute Gasteiger partial charge is 0.493 e. The lowest BCUT2D eigenvalue weighted by molar-refractivity contribution is -0.123. The van der Waals surface area contributed by atoms with E-state index in [1.807, 2.05) is 12.1 Å². The van der Waals surface area contributed by atoms with Crippen LogP contribution in [0.2, 0.25) is 0 Å². The number of oxazole rings is 1. The molecule has 1 aliphatic rings. The van der Waals surface area contributed by atoms with Gasteiger partial charge in [-0.1, -0.05) is 12.1 Å². The van der Waals surface area contributed by atoms with E-state index in [0.29, 0.717) is 42.6 Å². The van der Waals surface area contributed by atoms with Crippen molar-refractivity contribution in [1.29, 1.82) is 0 Å². The molecular weight excluding hydrogens is 362 g/mol. The molecule has 8 nitrogen and oxygen atoms in total. The minimum atomic E-state index is -0.207. The van der Waals surface area contributed by atoms with Crippen LogP contribution in [0.4, 0.5) is 0 Å². The number of carbonyl (C=O) groups is 2. The zero-order valence-corrected chi connectivity index (χ0v) is 16.1. The van der Waals surface area contributed by atoms with Gasteiger partial charge in [-0.3, -0.25) is 9.59 Å². The van der Waals surface area contributed by atoms with E-state index >= 15 is 0 Å². The number of hydrogen-bond acceptors (Lipinski definition) is 6. The maximum atomic E-state index is 12.6. The molecule has 0 radical (unpaired) electrons. The fourth-order valence-corrected chi connectivity index (χ4v) is 3.27. The van der Waals surface area contributed by atoms with Crippen LogP contribution < -0.4 is 14.8 Å². The van der Waals surface area contributed by atoms with Crippen molar-refractivity contribution in [3.05, 3.63) is 42.1 Å². The van der Waals surface area contributed by atoms with Crippen LogP contribution in [0, 0.1) is 12.8 Å². The predicted octanol–water partition coefficient (Wildman–Crippen LogP) is 2.04. The summed E-state index contributed by atoms with van der Waals surface area (Å²) in [6.07, 6.45) is 3.13. The van der Waals surface area contributed by atoms with Gasteiger partial charge in [0.05, 0.1) is 7.11 Å². The van der Waals surface area contributed by atoms with Crippen LogP contribution in [0.25, 0.3) is 0 Å². The number of methoxy groups -OCH3 is 1. The maximum Gasteiger partial charge on any atom is 0.276 e. The number of likely N-dealkylation sites (tertiary alicyclic amines) is 1. The van der Waals surface area contributed by atoms with Crippen molar-refractivity contribution in [3.8, 4) is 11.5 Å². The Labute approximate surface area is 163 Å². The molecule has 1 aromatic carbocycles. The lowest BCUT2D eigenvalue weighted by atomic mass is 9.97. The molecule has 0 aliphatic carbocycles. The molecule has 1 saturated heterocycles. The van der Waals surface area contributed by atoms with Gasteiger partial charge in [0.15, 0.2) is 30.2 Å². The number of hydrogen-bond donors (Lipinski definition) is 1. The third-order valence-electron chi connectivity index (χ3n) is 4.77. The molecule has 3 rings (SSSR count). The number of aryl methyl sites for hydroxylation is 1. The van der Waals surface area contributed by atoms with Gasteiger partial charge in [0.1, 0.15) is 5.76 Å². The SMILES string of the molecule is COc1ccccc1OCC(=O)NC[C@H]1CCCN(C(=O)c2ncoc2C)C1. The number of para-hydroxylation sites is 2. The van der Waals surface area contributed by atoms with Crippen LogP contribution in [-0.2, 0) is 4.79 Å². The highest BCUT2D eigenvalue weighted by Gasteiger charge is 2.27. The van der Waals surface area contributed by atoms with E-state index in [0.717, 1.165) is 12.8 Å². The molecule has 1 atom stereocenters. The van der Waals surface area contributed by atoms with Crippen LogP contribution in [0.1, 0.15) is 29.1 Å². The van der Waals surface area contributed by atoms with Crippen molar-refractivity contribution in [3.63, 3.8) is 0 Å². The second-order valence-electron chi connectivity index (χ2n) is 6.76. The molecule has 0 bridgehead atoms. The van der Waals surface area contributed by atoms with E-state index < -0.39 is 0 Å². The highest BCUT2D eigenvalue weighted by molar-refractivity contribution is 5.93. The summed E-state index contributed by atoms with van der Waals surface area (Å²) in [6, 6.07) is 7.18. The number of benzene rings is 1. The number of nitrogens with zero attached hydrogens (tertiary/aromatic N) is 2. The average Bonchev–Trinajstić information content (AvgIpc) is 3.16. The molecule has 0 unspecified atom stereocenters. The quantitative estimate of drug-likeness (QED) is 0.781. The summed E-state index contributed by atoms with van der Waals surface area (Å²) in [7, 11) is 1.55. The van der Waals surface area contributed by atoms with E-state index in [1.54, 1.807) is 31.1 Å². The summed E-state index contributed by atoms with van der Waals surface area (Å²) in [4.78, 5) is 30.5. The monoisotopic (exact) mass is 387 g/mol. The molecular formula is C20H25N3O5. The normalized spacial score (nSPS) is 16.5. The number of aromatic nitrogens is 1. The number of amides is 2. The molecule has 2 aromatic rings. The topological polar surface area (TPSA) is 93.9 Å². The Balaban J connectivity index is 1.45. The van der Waals surface area contributed by atoms with Gasteiger partial charge >= 0.3 is 0 Å². The molecule has 28 heavy (non-hydrogen) atoms. The first-order valence-electron chi connectivity index (χ1n) is 9.30. The van der Waals surface area contributed by atoms with Gasteiger partial charge in [-0.05, 0) is 37.8 Å². The molecule has 1 aliphatic heterocycles. The molecule has 2 amide bonds. The first-order chi connectivity index (χ1) is 13.6. The summed E-state index contributed by atoms with van der Waals surface area (Å²) >= 11 is 0.